The molecule has 4 aliphatic rings. The molecule has 0 amide bonds. The number of nitrogens with one attached hydrogen (secondary N) is 2. The Morgan fingerprint density at radius 2 is 1.63 bits per heavy atom. The van der Waals surface area contributed by atoms with Crippen LogP contribution < -0.4 is 30.3 Å². The van der Waals surface area contributed by atoms with Crippen LogP contribution in [0.3, 0.4) is 0 Å². The van der Waals surface area contributed by atoms with E-state index in [1.165, 1.54) is 19.2 Å². The van der Waals surface area contributed by atoms with Crippen molar-refractivity contribution in [1.82, 2.24) is 10.6 Å². The third-order valence-corrected chi connectivity index (χ3v) is 11.4. The second kappa shape index (κ2) is 14.1. The number of ether oxygens (including phenoxy) is 4. The molecule has 15 heteroatoms. The third kappa shape index (κ3) is 6.17. The number of hydrogen-bond donors (Lipinski definition) is 8. The Morgan fingerprint density at radius 3 is 2.25 bits per heavy atom. The summed E-state index contributed by atoms with van der Waals surface area (Å²) < 4.78 is 29.3. The van der Waals surface area contributed by atoms with E-state index in [1.54, 1.807) is 24.3 Å². The number of phenols is 1. The van der Waals surface area contributed by atoms with Crippen molar-refractivity contribution in [3.05, 3.63) is 46.6 Å². The smallest absolute Gasteiger partial charge is 0.336 e. The molecule has 0 radical (unpaired) electrons. The zero-order valence-electron chi connectivity index (χ0n) is 28.9. The van der Waals surface area contributed by atoms with Gasteiger partial charge in [0.2, 0.25) is 17.8 Å². The Bertz CT molecular complexity index is 1830. The number of aliphatic hydroxyl groups is 4. The van der Waals surface area contributed by atoms with Crippen LogP contribution >= 0.6 is 0 Å². The summed E-state index contributed by atoms with van der Waals surface area (Å²) in [6.45, 7) is 0.823. The van der Waals surface area contributed by atoms with E-state index in [0.29, 0.717) is 63.1 Å². The fourth-order valence-electron chi connectivity index (χ4n) is 8.73. The lowest BCUT2D eigenvalue weighted by molar-refractivity contribution is -0.338. The van der Waals surface area contributed by atoms with Gasteiger partial charge < -0.3 is 59.3 Å². The van der Waals surface area contributed by atoms with Crippen LogP contribution in [0.25, 0.3) is 22.3 Å². The monoisotopic (exact) mass is 726 g/mol. The highest BCUT2D eigenvalue weighted by Crippen LogP contribution is 2.54. The molecule has 2 saturated heterocycles. The van der Waals surface area contributed by atoms with Gasteiger partial charge in [-0.2, -0.15) is 0 Å². The number of aliphatic hydroxyl groups excluding tert-OH is 2. The SMILES string of the molecule is COc1ccc(-c2cc(=O)c3c(O)c(OC4(O)CCCCC4)c(O[C@@H]4O[C@H](C(=O)O)[C@](O)(C5([C@@H]6CNCN6)CCCCC5)[C@@H](O)[C@H]4O)cc3o2)cc1. The minimum Gasteiger partial charge on any atom is -0.504 e. The number of carboxylic acids is 1. The van der Waals surface area contributed by atoms with Crippen molar-refractivity contribution in [2.75, 3.05) is 20.3 Å². The molecule has 3 heterocycles. The Kier molecular flexibility index (Phi) is 9.88. The van der Waals surface area contributed by atoms with Crippen LogP contribution in [-0.4, -0.2) is 99.0 Å². The maximum atomic E-state index is 13.5. The van der Waals surface area contributed by atoms with Crippen molar-refractivity contribution in [3.8, 4) is 34.3 Å². The summed E-state index contributed by atoms with van der Waals surface area (Å²) in [5.74, 6) is -4.19. The summed E-state index contributed by atoms with van der Waals surface area (Å²) in [5, 5.41) is 75.5. The molecule has 3 aromatic rings. The molecule has 52 heavy (non-hydrogen) atoms. The van der Waals surface area contributed by atoms with Crippen molar-refractivity contribution in [2.24, 2.45) is 5.41 Å². The van der Waals surface area contributed by atoms with Crippen molar-refractivity contribution >= 4 is 16.9 Å². The number of benzene rings is 2. The van der Waals surface area contributed by atoms with Gasteiger partial charge in [-0.25, -0.2) is 4.79 Å². The molecule has 7 rings (SSSR count). The fourth-order valence-corrected chi connectivity index (χ4v) is 8.73. The summed E-state index contributed by atoms with van der Waals surface area (Å²) in [6, 6.07) is 8.68. The predicted molar refractivity (Wildman–Crippen MR) is 184 cm³/mol. The molecular weight excluding hydrogens is 680 g/mol. The molecule has 15 nitrogen and oxygen atoms in total. The quantitative estimate of drug-likeness (QED) is 0.148. The number of carboxylic acid groups (broad SMARTS) is 1. The molecule has 282 valence electrons. The number of rotatable bonds is 9. The van der Waals surface area contributed by atoms with Crippen LogP contribution in [0.1, 0.15) is 64.2 Å². The zero-order valence-corrected chi connectivity index (χ0v) is 28.9. The molecule has 6 atom stereocenters. The summed E-state index contributed by atoms with van der Waals surface area (Å²) in [7, 11) is 1.52. The normalized spacial score (nSPS) is 30.1. The average Bonchev–Trinajstić information content (AvgIpc) is 3.69. The molecule has 2 aromatic carbocycles. The zero-order chi connectivity index (χ0) is 36.8. The van der Waals surface area contributed by atoms with Crippen molar-refractivity contribution < 1.29 is 58.8 Å². The first kappa shape index (κ1) is 36.4. The van der Waals surface area contributed by atoms with Gasteiger partial charge in [-0.1, -0.05) is 25.7 Å². The lowest BCUT2D eigenvalue weighted by Gasteiger charge is -2.59. The van der Waals surface area contributed by atoms with E-state index in [-0.39, 0.29) is 35.3 Å². The van der Waals surface area contributed by atoms with Crippen LogP contribution in [0.4, 0.5) is 0 Å². The highest BCUT2D eigenvalue weighted by molar-refractivity contribution is 5.89. The van der Waals surface area contributed by atoms with E-state index in [4.69, 9.17) is 23.4 Å². The van der Waals surface area contributed by atoms with Gasteiger partial charge in [0.25, 0.3) is 0 Å². The topological polar surface area (TPSA) is 230 Å². The van der Waals surface area contributed by atoms with Gasteiger partial charge in [0.05, 0.1) is 7.11 Å². The van der Waals surface area contributed by atoms with Gasteiger partial charge >= 0.3 is 5.97 Å². The lowest BCUT2D eigenvalue weighted by atomic mass is 9.54. The van der Waals surface area contributed by atoms with Crippen molar-refractivity contribution in [1.29, 1.82) is 0 Å². The maximum absolute atomic E-state index is 13.5. The highest BCUT2D eigenvalue weighted by atomic mass is 16.7. The van der Waals surface area contributed by atoms with E-state index in [2.05, 4.69) is 10.6 Å². The minimum atomic E-state index is -2.45. The van der Waals surface area contributed by atoms with Crippen LogP contribution in [0.15, 0.2) is 45.6 Å². The summed E-state index contributed by atoms with van der Waals surface area (Å²) in [6.07, 6.45) is -2.61. The lowest BCUT2D eigenvalue weighted by Crippen LogP contribution is -2.77. The molecule has 1 aromatic heterocycles. The minimum absolute atomic E-state index is 0.137. The molecule has 0 bridgehead atoms. The largest absolute Gasteiger partial charge is 0.504 e. The van der Waals surface area contributed by atoms with Gasteiger partial charge in [-0.3, -0.25) is 10.1 Å². The fraction of sp³-hybridized carbons (Fsp3) is 0.568. The van der Waals surface area contributed by atoms with Gasteiger partial charge in [0.15, 0.2) is 23.0 Å². The second-order valence-corrected chi connectivity index (χ2v) is 14.4. The maximum Gasteiger partial charge on any atom is 0.336 e. The molecule has 0 unspecified atom stereocenters. The van der Waals surface area contributed by atoms with Gasteiger partial charge in [-0.15, -0.1) is 0 Å². The van der Waals surface area contributed by atoms with Crippen LogP contribution in [-0.2, 0) is 9.53 Å². The number of methoxy groups -OCH3 is 1. The van der Waals surface area contributed by atoms with E-state index in [0.717, 1.165) is 12.8 Å². The first-order valence-electron chi connectivity index (χ1n) is 17.9. The van der Waals surface area contributed by atoms with E-state index >= 15 is 0 Å². The summed E-state index contributed by atoms with van der Waals surface area (Å²) in [5.41, 5.74) is -3.93. The number of hydrogen-bond acceptors (Lipinski definition) is 14. The number of aliphatic carboxylic acids is 1. The number of fused-ring (bicyclic) bond motifs is 1. The van der Waals surface area contributed by atoms with Gasteiger partial charge in [0, 0.05) is 55.2 Å². The first-order valence-corrected chi connectivity index (χ1v) is 17.9. The first-order chi connectivity index (χ1) is 24.9. The number of carbonyl (C=O) groups is 1. The second-order valence-electron chi connectivity index (χ2n) is 14.4. The average molecular weight is 727 g/mol. The Balaban J connectivity index is 1.31. The number of aromatic hydroxyl groups is 1. The Morgan fingerprint density at radius 1 is 0.962 bits per heavy atom. The predicted octanol–water partition coefficient (Wildman–Crippen LogP) is 2.32. The molecule has 2 aliphatic heterocycles. The molecule has 4 fully saturated rings. The Hall–Kier alpha value is -3.96. The molecular formula is C37H46N2O13. The van der Waals surface area contributed by atoms with Crippen molar-refractivity contribution in [2.45, 2.75) is 106 Å². The van der Waals surface area contributed by atoms with E-state index in [9.17, 15) is 40.2 Å². The standard InChI is InChI=1S/C37H46N2O13/c1-48-21-10-8-20(9-11-21)23-16-22(40)27-24(49-23)17-25(30(28(27)41)52-36(46)14-6-3-7-15-36)50-34-29(42)31(43)37(47,32(51-34)33(44)45)35(12-4-2-5-13-35)26-18-38-19-39-26/h8-11,16-17,26,29,31-32,34,38-39,41-43,46-47H,2-7,12-15,18-19H2,1H3,(H,44,45)/t26-,29+,31-,32+,34+,37-/m0/s1. The van der Waals surface area contributed by atoms with E-state index < -0.39 is 70.3 Å². The summed E-state index contributed by atoms with van der Waals surface area (Å²) >= 11 is 0. The summed E-state index contributed by atoms with van der Waals surface area (Å²) in [4.78, 5) is 26.5. The Labute approximate surface area is 299 Å². The van der Waals surface area contributed by atoms with E-state index in [1.807, 2.05) is 0 Å². The van der Waals surface area contributed by atoms with Gasteiger partial charge in [-0.05, 0) is 49.9 Å². The third-order valence-electron chi connectivity index (χ3n) is 11.4. The highest BCUT2D eigenvalue weighted by Gasteiger charge is 2.69. The van der Waals surface area contributed by atoms with Gasteiger partial charge in [0.1, 0.15) is 40.3 Å². The van der Waals surface area contributed by atoms with Crippen LogP contribution in [0, 0.1) is 5.41 Å². The molecule has 2 aliphatic carbocycles. The molecule has 2 saturated carbocycles. The van der Waals surface area contributed by atoms with Crippen LogP contribution in [0.5, 0.6) is 23.0 Å². The molecule has 0 spiro atoms. The molecule has 8 N–H and O–H groups in total. The van der Waals surface area contributed by atoms with Crippen LogP contribution in [0.2, 0.25) is 0 Å². The number of phenolic OH excluding ortho intramolecular Hbond substituents is 1. The van der Waals surface area contributed by atoms with Crippen molar-refractivity contribution in [3.63, 3.8) is 0 Å².